The first-order chi connectivity index (χ1) is 14.2. The summed E-state index contributed by atoms with van der Waals surface area (Å²) in [6, 6.07) is 10.5. The molecule has 9 nitrogen and oxygen atoms in total. The lowest BCUT2D eigenvalue weighted by molar-refractivity contribution is -0.152. The fourth-order valence-electron chi connectivity index (χ4n) is 2.75. The van der Waals surface area contributed by atoms with Gasteiger partial charge in [-0.05, 0) is 43.3 Å². The van der Waals surface area contributed by atoms with Gasteiger partial charge in [0.2, 0.25) is 10.0 Å². The fourth-order valence-corrected chi connectivity index (χ4v) is 3.26. The molecule has 0 radical (unpaired) electrons. The van der Waals surface area contributed by atoms with E-state index in [-0.39, 0.29) is 11.3 Å². The number of hydrogen-bond acceptors (Lipinski definition) is 7. The van der Waals surface area contributed by atoms with E-state index >= 15 is 0 Å². The number of carbonyl (C=O) groups excluding carboxylic acids is 2. The van der Waals surface area contributed by atoms with Crippen molar-refractivity contribution in [2.45, 2.75) is 24.3 Å². The maximum Gasteiger partial charge on any atom is 0.311 e. The molecule has 0 spiro atoms. The summed E-state index contributed by atoms with van der Waals surface area (Å²) < 4.78 is 38.3. The molecule has 0 aliphatic heterocycles. The molecule has 0 fully saturated rings. The molecule has 158 valence electrons. The van der Waals surface area contributed by atoms with E-state index in [9.17, 15) is 18.0 Å². The molecule has 1 aromatic heterocycles. The third-order valence-corrected chi connectivity index (χ3v) is 5.25. The van der Waals surface area contributed by atoms with Crippen LogP contribution in [-0.4, -0.2) is 33.5 Å². The van der Waals surface area contributed by atoms with Crippen molar-refractivity contribution in [3.05, 3.63) is 54.3 Å². The maximum absolute atomic E-state index is 12.3. The van der Waals surface area contributed by atoms with E-state index in [0.717, 1.165) is 5.39 Å². The largest absolute Gasteiger partial charge is 0.497 e. The second-order valence-corrected chi connectivity index (χ2v) is 8.05. The van der Waals surface area contributed by atoms with E-state index in [1.165, 1.54) is 37.5 Å². The van der Waals surface area contributed by atoms with Crippen molar-refractivity contribution < 1.29 is 31.9 Å². The highest BCUT2D eigenvalue weighted by Crippen LogP contribution is 2.26. The van der Waals surface area contributed by atoms with Gasteiger partial charge in [-0.1, -0.05) is 0 Å². The molecule has 1 unspecified atom stereocenters. The van der Waals surface area contributed by atoms with E-state index in [0.29, 0.717) is 22.6 Å². The van der Waals surface area contributed by atoms with Gasteiger partial charge in [-0.2, -0.15) is 0 Å². The van der Waals surface area contributed by atoms with Gasteiger partial charge in [0, 0.05) is 22.7 Å². The Labute approximate surface area is 172 Å². The molecule has 2 aromatic carbocycles. The Kier molecular flexibility index (Phi) is 6.09. The number of carbonyl (C=O) groups is 2. The predicted molar refractivity (Wildman–Crippen MR) is 108 cm³/mol. The summed E-state index contributed by atoms with van der Waals surface area (Å²) >= 11 is 0. The number of benzene rings is 2. The molecule has 3 aromatic rings. The molecule has 1 heterocycles. The van der Waals surface area contributed by atoms with Gasteiger partial charge in [0.25, 0.3) is 5.91 Å². The second-order valence-electron chi connectivity index (χ2n) is 6.49. The van der Waals surface area contributed by atoms with Gasteiger partial charge in [-0.25, -0.2) is 13.6 Å². The number of rotatable bonds is 7. The smallest absolute Gasteiger partial charge is 0.311 e. The normalized spacial score (nSPS) is 12.4. The van der Waals surface area contributed by atoms with Crippen molar-refractivity contribution in [3.63, 3.8) is 0 Å². The van der Waals surface area contributed by atoms with Crippen LogP contribution >= 0.6 is 0 Å². The van der Waals surface area contributed by atoms with Crippen LogP contribution < -0.4 is 15.2 Å². The summed E-state index contributed by atoms with van der Waals surface area (Å²) in [5.41, 5.74) is 1.54. The van der Waals surface area contributed by atoms with E-state index in [2.05, 4.69) is 5.32 Å². The van der Waals surface area contributed by atoms with Crippen LogP contribution in [0.5, 0.6) is 5.75 Å². The minimum absolute atomic E-state index is 0.0694. The monoisotopic (exact) mass is 432 g/mol. The second kappa shape index (κ2) is 8.56. The Morgan fingerprint density at radius 1 is 1.17 bits per heavy atom. The molecule has 30 heavy (non-hydrogen) atoms. The first-order valence-electron chi connectivity index (χ1n) is 8.84. The van der Waals surface area contributed by atoms with Crippen molar-refractivity contribution in [2.75, 3.05) is 12.4 Å². The average molecular weight is 432 g/mol. The number of anilines is 1. The van der Waals surface area contributed by atoms with Crippen LogP contribution in [0.2, 0.25) is 0 Å². The molecule has 0 bridgehead atoms. The topological polar surface area (TPSA) is 138 Å². The Morgan fingerprint density at radius 3 is 2.50 bits per heavy atom. The highest BCUT2D eigenvalue weighted by atomic mass is 32.2. The number of amides is 1. The SMILES string of the molecule is COc1ccc2c(CC(=O)OC(C)C(=O)Nc3ccc(S(N)(=O)=O)cc3)coc2c1. The van der Waals surface area contributed by atoms with Gasteiger partial charge in [-0.15, -0.1) is 0 Å². The van der Waals surface area contributed by atoms with E-state index in [4.69, 9.17) is 19.0 Å². The van der Waals surface area contributed by atoms with Crippen molar-refractivity contribution in [1.82, 2.24) is 0 Å². The van der Waals surface area contributed by atoms with Crippen LogP contribution in [0.3, 0.4) is 0 Å². The third-order valence-electron chi connectivity index (χ3n) is 4.33. The lowest BCUT2D eigenvalue weighted by Gasteiger charge is -2.13. The molecule has 1 amide bonds. The van der Waals surface area contributed by atoms with Gasteiger partial charge >= 0.3 is 5.97 Å². The quantitative estimate of drug-likeness (QED) is 0.546. The summed E-state index contributed by atoms with van der Waals surface area (Å²) in [6.07, 6.45) is 0.331. The van der Waals surface area contributed by atoms with E-state index < -0.39 is 28.0 Å². The number of esters is 1. The number of nitrogens with one attached hydrogen (secondary N) is 1. The third kappa shape index (κ3) is 4.97. The molecule has 0 saturated carbocycles. The first-order valence-corrected chi connectivity index (χ1v) is 10.4. The van der Waals surface area contributed by atoms with Gasteiger partial charge in [0.05, 0.1) is 24.7 Å². The molecule has 0 saturated heterocycles. The molecule has 10 heteroatoms. The van der Waals surface area contributed by atoms with Crippen molar-refractivity contribution in [3.8, 4) is 5.75 Å². The van der Waals surface area contributed by atoms with Gasteiger partial charge in [-0.3, -0.25) is 9.59 Å². The summed E-state index contributed by atoms with van der Waals surface area (Å²) in [7, 11) is -2.28. The number of nitrogens with two attached hydrogens (primary N) is 1. The highest BCUT2D eigenvalue weighted by Gasteiger charge is 2.20. The van der Waals surface area contributed by atoms with Crippen LogP contribution in [0.4, 0.5) is 5.69 Å². The summed E-state index contributed by atoms with van der Waals surface area (Å²) in [4.78, 5) is 24.4. The zero-order valence-electron chi connectivity index (χ0n) is 16.2. The maximum atomic E-state index is 12.3. The number of furan rings is 1. The minimum Gasteiger partial charge on any atom is -0.497 e. The summed E-state index contributed by atoms with van der Waals surface area (Å²) in [5, 5.41) is 8.32. The Bertz CT molecular complexity index is 1180. The van der Waals surface area contributed by atoms with Crippen LogP contribution in [0.15, 0.2) is 58.0 Å². The van der Waals surface area contributed by atoms with Gasteiger partial charge < -0.3 is 19.2 Å². The summed E-state index contributed by atoms with van der Waals surface area (Å²) in [6.45, 7) is 1.43. The average Bonchev–Trinajstić information content (AvgIpc) is 3.09. The van der Waals surface area contributed by atoms with Crippen LogP contribution in [-0.2, 0) is 30.8 Å². The van der Waals surface area contributed by atoms with Crippen LogP contribution in [0.1, 0.15) is 12.5 Å². The molecule has 3 rings (SSSR count). The summed E-state index contributed by atoms with van der Waals surface area (Å²) in [5.74, 6) is -0.525. The number of primary sulfonamides is 1. The van der Waals surface area contributed by atoms with Crippen LogP contribution in [0, 0.1) is 0 Å². The Morgan fingerprint density at radius 2 is 1.87 bits per heavy atom. The molecule has 0 aliphatic carbocycles. The molecule has 3 N–H and O–H groups in total. The van der Waals surface area contributed by atoms with E-state index in [1.54, 1.807) is 25.3 Å². The predicted octanol–water partition coefficient (Wildman–Crippen LogP) is 2.20. The lowest BCUT2D eigenvalue weighted by atomic mass is 10.1. The molecule has 0 aliphatic rings. The molecular formula is C20H20N2O7S. The zero-order chi connectivity index (χ0) is 21.9. The number of fused-ring (bicyclic) bond motifs is 1. The number of sulfonamides is 1. The van der Waals surface area contributed by atoms with Crippen molar-refractivity contribution >= 4 is 38.6 Å². The molecule has 1 atom stereocenters. The standard InChI is InChI=1S/C20H20N2O7S/c1-12(20(24)22-14-3-6-16(7-4-14)30(21,25)26)29-19(23)9-13-11-28-18-10-15(27-2)5-8-17(13)18/h3-8,10-12H,9H2,1-2H3,(H,22,24)(H2,21,25,26). The van der Waals surface area contributed by atoms with Crippen molar-refractivity contribution in [1.29, 1.82) is 0 Å². The van der Waals surface area contributed by atoms with Crippen molar-refractivity contribution in [2.24, 2.45) is 5.14 Å². The van der Waals surface area contributed by atoms with Crippen LogP contribution in [0.25, 0.3) is 11.0 Å². The van der Waals surface area contributed by atoms with E-state index in [1.807, 2.05) is 0 Å². The Hall–Kier alpha value is -3.37. The number of hydrogen-bond donors (Lipinski definition) is 2. The first kappa shape index (κ1) is 21.3. The number of ether oxygens (including phenoxy) is 2. The molecular weight excluding hydrogens is 412 g/mol. The minimum atomic E-state index is -3.82. The Balaban J connectivity index is 1.59. The van der Waals surface area contributed by atoms with Gasteiger partial charge in [0.15, 0.2) is 6.10 Å². The highest BCUT2D eigenvalue weighted by molar-refractivity contribution is 7.89. The number of methoxy groups -OCH3 is 1. The lowest BCUT2D eigenvalue weighted by Crippen LogP contribution is -2.30. The zero-order valence-corrected chi connectivity index (χ0v) is 17.1. The van der Waals surface area contributed by atoms with Gasteiger partial charge in [0.1, 0.15) is 11.3 Å². The fraction of sp³-hybridized carbons (Fsp3) is 0.200.